The van der Waals surface area contributed by atoms with Gasteiger partial charge in [0.05, 0.1) is 31.5 Å². The van der Waals surface area contributed by atoms with Crippen LogP contribution in [0.5, 0.6) is 11.5 Å². The Hall–Kier alpha value is -3.89. The third-order valence-electron chi connectivity index (χ3n) is 8.22. The van der Waals surface area contributed by atoms with Crippen molar-refractivity contribution >= 4 is 17.6 Å². The van der Waals surface area contributed by atoms with E-state index in [0.29, 0.717) is 42.9 Å². The molecule has 0 radical (unpaired) electrons. The summed E-state index contributed by atoms with van der Waals surface area (Å²) in [5.41, 5.74) is 3.29. The predicted octanol–water partition coefficient (Wildman–Crippen LogP) is 5.11. The predicted molar refractivity (Wildman–Crippen MR) is 157 cm³/mol. The molecule has 42 heavy (non-hydrogen) atoms. The summed E-state index contributed by atoms with van der Waals surface area (Å²) in [6.07, 6.45) is 5.83. The van der Waals surface area contributed by atoms with Crippen molar-refractivity contribution in [3.05, 3.63) is 88.5 Å². The van der Waals surface area contributed by atoms with Crippen molar-refractivity contribution in [2.75, 3.05) is 19.7 Å². The number of para-hydroxylation sites is 1. The van der Waals surface area contributed by atoms with Gasteiger partial charge in [0, 0.05) is 29.7 Å². The fourth-order valence-electron chi connectivity index (χ4n) is 5.89. The molecule has 1 fully saturated rings. The first-order valence-electron chi connectivity index (χ1n) is 14.5. The third kappa shape index (κ3) is 6.15. The number of likely N-dealkylation sites (tertiary alicyclic amines) is 1. The fraction of sp³-hybridized carbons (Fsp3) is 0.419. The van der Waals surface area contributed by atoms with Crippen molar-refractivity contribution in [2.45, 2.75) is 64.3 Å². The number of piperidine rings is 1. The Bertz CT molecular complexity index is 1530. The van der Waals surface area contributed by atoms with Crippen LogP contribution in [-0.2, 0) is 30.8 Å². The maximum absolute atomic E-state index is 11.3. The van der Waals surface area contributed by atoms with Crippen LogP contribution in [0.1, 0.15) is 66.7 Å². The lowest BCUT2D eigenvalue weighted by molar-refractivity contribution is -0.137. The molecule has 1 atom stereocenters. The zero-order valence-electron chi connectivity index (χ0n) is 23.7. The van der Waals surface area contributed by atoms with Crippen LogP contribution in [-0.4, -0.2) is 60.0 Å². The van der Waals surface area contributed by atoms with Crippen molar-refractivity contribution in [2.24, 2.45) is 0 Å². The van der Waals surface area contributed by atoms with Crippen LogP contribution in [0.2, 0.25) is 5.02 Å². The summed E-state index contributed by atoms with van der Waals surface area (Å²) in [6, 6.07) is 13.9. The average molecular weight is 591 g/mol. The summed E-state index contributed by atoms with van der Waals surface area (Å²) in [7, 11) is 0. The molecule has 4 aromatic rings. The Morgan fingerprint density at radius 1 is 1.07 bits per heavy atom. The minimum atomic E-state index is -0.843. The zero-order valence-corrected chi connectivity index (χ0v) is 24.4. The second kappa shape index (κ2) is 12.5. The molecule has 0 aliphatic carbocycles. The molecule has 1 N–H and O–H groups in total. The second-order valence-electron chi connectivity index (χ2n) is 10.9. The van der Waals surface area contributed by atoms with Crippen LogP contribution in [0.3, 0.4) is 0 Å². The maximum atomic E-state index is 11.3. The van der Waals surface area contributed by atoms with Crippen molar-refractivity contribution in [1.82, 2.24) is 29.2 Å². The van der Waals surface area contributed by atoms with E-state index >= 15 is 0 Å². The number of aliphatic carboxylic acids is 1. The molecule has 2 aromatic heterocycles. The molecule has 2 aromatic carbocycles. The highest BCUT2D eigenvalue weighted by Crippen LogP contribution is 2.44. The molecule has 6 rings (SSSR count). The Morgan fingerprint density at radius 3 is 2.62 bits per heavy atom. The summed E-state index contributed by atoms with van der Waals surface area (Å²) in [5, 5.41) is 18.8. The number of carboxylic acids is 1. The van der Waals surface area contributed by atoms with Crippen molar-refractivity contribution in [1.29, 1.82) is 0 Å². The van der Waals surface area contributed by atoms with E-state index in [9.17, 15) is 9.90 Å². The van der Waals surface area contributed by atoms with E-state index in [4.69, 9.17) is 21.1 Å². The topological polar surface area (TPSA) is 108 Å². The standard InChI is InChI=1S/C31H35ClN6O4/c1-2-37-20-33-16-24(37)17-38-28(10-11-30(39)40)34-35-29(38)18-36-14-12-21(13-15-36)25-4-3-5-26-31(25)41-19-27(42-26)22-6-8-23(32)9-7-22/h3-9,16,20-21,27H,2,10-15,17-19H2,1H3,(H,39,40). The Balaban J connectivity index is 1.12. The summed E-state index contributed by atoms with van der Waals surface area (Å²) in [4.78, 5) is 17.9. The van der Waals surface area contributed by atoms with Crippen LogP contribution in [0.4, 0.5) is 0 Å². The molecule has 2 aliphatic rings. The molecule has 0 bridgehead atoms. The fourth-order valence-corrected chi connectivity index (χ4v) is 6.02. The second-order valence-corrected chi connectivity index (χ2v) is 11.3. The van der Waals surface area contributed by atoms with E-state index in [0.717, 1.165) is 61.1 Å². The number of rotatable bonds is 10. The molecule has 1 saturated heterocycles. The molecule has 220 valence electrons. The number of halogens is 1. The average Bonchev–Trinajstić information content (AvgIpc) is 3.62. The lowest BCUT2D eigenvalue weighted by Crippen LogP contribution is -2.34. The highest BCUT2D eigenvalue weighted by Gasteiger charge is 2.30. The minimum absolute atomic E-state index is 0.0181. The normalized spacial score (nSPS) is 17.4. The van der Waals surface area contributed by atoms with Gasteiger partial charge >= 0.3 is 5.97 Å². The number of benzene rings is 2. The quantitative estimate of drug-likeness (QED) is 0.272. The molecule has 4 heterocycles. The van der Waals surface area contributed by atoms with Gasteiger partial charge in [0.1, 0.15) is 18.3 Å². The van der Waals surface area contributed by atoms with E-state index < -0.39 is 5.97 Å². The number of nitrogens with zero attached hydrogens (tertiary/aromatic N) is 6. The van der Waals surface area contributed by atoms with Crippen LogP contribution in [0, 0.1) is 0 Å². The summed E-state index contributed by atoms with van der Waals surface area (Å²) in [5.74, 6) is 2.71. The lowest BCUT2D eigenvalue weighted by atomic mass is 9.88. The number of hydrogen-bond acceptors (Lipinski definition) is 7. The van der Waals surface area contributed by atoms with E-state index in [1.807, 2.05) is 42.9 Å². The van der Waals surface area contributed by atoms with Crippen LogP contribution >= 0.6 is 11.6 Å². The largest absolute Gasteiger partial charge is 0.485 e. The van der Waals surface area contributed by atoms with Gasteiger partial charge in [0.15, 0.2) is 17.6 Å². The van der Waals surface area contributed by atoms with Gasteiger partial charge in [-0.15, -0.1) is 10.2 Å². The maximum Gasteiger partial charge on any atom is 0.303 e. The number of aryl methyl sites for hydroxylation is 2. The number of hydrogen-bond donors (Lipinski definition) is 1. The van der Waals surface area contributed by atoms with Gasteiger partial charge in [-0.1, -0.05) is 35.9 Å². The smallest absolute Gasteiger partial charge is 0.303 e. The van der Waals surface area contributed by atoms with Crippen molar-refractivity contribution < 1.29 is 19.4 Å². The highest BCUT2D eigenvalue weighted by atomic mass is 35.5. The van der Waals surface area contributed by atoms with Gasteiger partial charge < -0.3 is 23.7 Å². The first kappa shape index (κ1) is 28.2. The molecule has 10 nitrogen and oxygen atoms in total. The lowest BCUT2D eigenvalue weighted by Gasteiger charge is -2.34. The van der Waals surface area contributed by atoms with E-state index in [-0.39, 0.29) is 12.5 Å². The zero-order chi connectivity index (χ0) is 29.1. The number of ether oxygens (including phenoxy) is 2. The molecule has 0 spiro atoms. The molecule has 0 amide bonds. The first-order valence-corrected chi connectivity index (χ1v) is 14.9. The Kier molecular flexibility index (Phi) is 8.43. The van der Waals surface area contributed by atoms with Crippen molar-refractivity contribution in [3.63, 3.8) is 0 Å². The Labute approximate surface area is 249 Å². The molecule has 2 aliphatic heterocycles. The van der Waals surface area contributed by atoms with Crippen LogP contribution in [0.25, 0.3) is 0 Å². The van der Waals surface area contributed by atoms with Gasteiger partial charge in [-0.3, -0.25) is 9.69 Å². The molecular weight excluding hydrogens is 556 g/mol. The van der Waals surface area contributed by atoms with Gasteiger partial charge in [-0.25, -0.2) is 4.98 Å². The highest BCUT2D eigenvalue weighted by molar-refractivity contribution is 6.30. The first-order chi connectivity index (χ1) is 20.5. The summed E-state index contributed by atoms with van der Waals surface area (Å²) in [6.45, 7) is 6.38. The number of fused-ring (bicyclic) bond motifs is 1. The van der Waals surface area contributed by atoms with E-state index in [2.05, 4.69) is 48.3 Å². The van der Waals surface area contributed by atoms with Crippen molar-refractivity contribution in [3.8, 4) is 11.5 Å². The number of carboxylic acid groups (broad SMARTS) is 1. The van der Waals surface area contributed by atoms with Crippen LogP contribution in [0.15, 0.2) is 55.0 Å². The number of carbonyl (C=O) groups is 1. The SMILES string of the molecule is CCn1cncc1Cn1c(CCC(=O)O)nnc1CN1CCC(c2cccc3c2OCC(c2ccc(Cl)cc2)O3)CC1. The molecular formula is C31H35ClN6O4. The van der Waals surface area contributed by atoms with Gasteiger partial charge in [0.25, 0.3) is 0 Å². The summed E-state index contributed by atoms with van der Waals surface area (Å²) >= 11 is 6.06. The number of aromatic nitrogens is 5. The monoisotopic (exact) mass is 590 g/mol. The van der Waals surface area contributed by atoms with Gasteiger partial charge in [0.2, 0.25) is 0 Å². The Morgan fingerprint density at radius 2 is 1.86 bits per heavy atom. The summed E-state index contributed by atoms with van der Waals surface area (Å²) < 4.78 is 16.8. The van der Waals surface area contributed by atoms with Gasteiger partial charge in [-0.05, 0) is 62.5 Å². The third-order valence-corrected chi connectivity index (χ3v) is 8.47. The van der Waals surface area contributed by atoms with Gasteiger partial charge in [-0.2, -0.15) is 0 Å². The van der Waals surface area contributed by atoms with Crippen LogP contribution < -0.4 is 9.47 Å². The molecule has 1 unspecified atom stereocenters. The molecule has 11 heteroatoms. The van der Waals surface area contributed by atoms with E-state index in [1.54, 1.807) is 0 Å². The molecule has 0 saturated carbocycles. The minimum Gasteiger partial charge on any atom is -0.485 e. The number of imidazole rings is 1. The van der Waals surface area contributed by atoms with E-state index in [1.165, 1.54) is 5.56 Å².